The van der Waals surface area contributed by atoms with Gasteiger partial charge in [-0.05, 0) is 0 Å². The molecule has 0 rings (SSSR count). The van der Waals surface area contributed by atoms with Gasteiger partial charge in [-0.15, -0.1) is 0 Å². The summed E-state index contributed by atoms with van der Waals surface area (Å²) in [4.78, 5) is 0. The van der Waals surface area contributed by atoms with Crippen LogP contribution in [0.3, 0.4) is 0 Å². The van der Waals surface area contributed by atoms with Crippen LogP contribution in [0.1, 0.15) is 0 Å². The molecule has 0 saturated carbocycles. The first-order valence-electron chi connectivity index (χ1n) is 0.309. The van der Waals surface area contributed by atoms with Crippen molar-refractivity contribution in [1.82, 2.24) is 0 Å². The normalized spacial score (nSPS) is 2.00. The summed E-state index contributed by atoms with van der Waals surface area (Å²) in [5, 5.41) is 0. The molecule has 0 aliphatic rings. The summed E-state index contributed by atoms with van der Waals surface area (Å²) in [6, 6.07) is 0. The Bertz CT molecular complexity index is 11.5. The van der Waals surface area contributed by atoms with Crippen molar-refractivity contribution in [3.8, 4) is 0 Å². The molecule has 0 spiro atoms. The van der Waals surface area contributed by atoms with E-state index in [2.05, 4.69) is 23.7 Å². The Hall–Kier alpha value is 2.53. The van der Waals surface area contributed by atoms with Crippen molar-refractivity contribution >= 4 is 84.5 Å². The van der Waals surface area contributed by atoms with E-state index in [-0.39, 0.29) is 60.8 Å². The van der Waals surface area contributed by atoms with Gasteiger partial charge < -0.3 is 9.32 Å². The Morgan fingerprint density at radius 1 is 0.833 bits per heavy atom. The summed E-state index contributed by atoms with van der Waals surface area (Å²) < 4.78 is 15.4. The summed E-state index contributed by atoms with van der Waals surface area (Å²) in [6.45, 7) is 0. The van der Waals surface area contributed by atoms with Crippen LogP contribution in [0, 0.1) is 0 Å². The van der Waals surface area contributed by atoms with E-state index in [4.69, 9.17) is 9.32 Å². The minimum atomic E-state index is 0. The monoisotopic (exact) mass is 166 g/mol. The average molecular weight is 167 g/mol. The first-order chi connectivity index (χ1) is 2.00. The number of rotatable bonds is 0. The zero-order valence-corrected chi connectivity index (χ0v) is 8.12. The van der Waals surface area contributed by atoms with Gasteiger partial charge in [0.15, 0.2) is 0 Å². The van der Waals surface area contributed by atoms with Crippen molar-refractivity contribution in [3.63, 3.8) is 0 Å². The third-order valence-electron chi connectivity index (χ3n) is 0. The Labute approximate surface area is 92.3 Å². The van der Waals surface area contributed by atoms with E-state index < -0.39 is 0 Å². The molecule has 28 valence electrons. The molecule has 0 bridgehead atoms. The molecule has 0 aromatic carbocycles. The van der Waals surface area contributed by atoms with Crippen molar-refractivity contribution in [2.45, 2.75) is 0 Å². The number of halogens is 2. The zero-order valence-electron chi connectivity index (χ0n) is 2.99. The second kappa shape index (κ2) is 50.2. The molecule has 0 aromatic heterocycles. The van der Waals surface area contributed by atoms with Gasteiger partial charge in [-0.25, -0.2) is 23.7 Å². The molecule has 0 amide bonds. The SMILES string of the molecule is [Ca+2].[Mg+2].[O-]Cl.[O-]Cl. The third-order valence-corrected chi connectivity index (χ3v) is 0. The molecule has 0 fully saturated rings. The van der Waals surface area contributed by atoms with Crippen LogP contribution in [0.25, 0.3) is 0 Å². The molecule has 0 aromatic rings. The molecule has 0 aliphatic carbocycles. The smallest absolute Gasteiger partial charge is 0.769 e. The van der Waals surface area contributed by atoms with E-state index in [1.54, 1.807) is 0 Å². The Morgan fingerprint density at radius 2 is 0.833 bits per heavy atom. The van der Waals surface area contributed by atoms with Crippen LogP contribution >= 0.6 is 23.7 Å². The molecule has 0 aliphatic heterocycles. The third kappa shape index (κ3) is 31.2. The Balaban J connectivity index is -0.00000000500. The molecule has 0 radical (unpaired) electrons. The van der Waals surface area contributed by atoms with Crippen LogP contribution in [0.5, 0.6) is 0 Å². The van der Waals surface area contributed by atoms with Gasteiger partial charge >= 0.3 is 60.8 Å². The summed E-state index contributed by atoms with van der Waals surface area (Å²) in [5.74, 6) is 0. The minimum Gasteiger partial charge on any atom is -0.769 e. The molecule has 0 unspecified atom stereocenters. The molecular weight excluding hydrogens is 167 g/mol. The van der Waals surface area contributed by atoms with Crippen LogP contribution in [0.15, 0.2) is 0 Å². The standard InChI is InChI=1S/Ca.2ClO.Mg/c;2*1-2;/q+2;2*-1;+2. The molecule has 6 heavy (non-hydrogen) atoms. The molecule has 0 N–H and O–H groups in total. The van der Waals surface area contributed by atoms with E-state index in [1.807, 2.05) is 0 Å². The molecule has 0 atom stereocenters. The maximum Gasteiger partial charge on any atom is 2.00 e. The van der Waals surface area contributed by atoms with E-state index in [0.717, 1.165) is 0 Å². The summed E-state index contributed by atoms with van der Waals surface area (Å²) in [7, 11) is 0. The summed E-state index contributed by atoms with van der Waals surface area (Å²) in [6.07, 6.45) is 0. The summed E-state index contributed by atoms with van der Waals surface area (Å²) >= 11 is 6.78. The topological polar surface area (TPSA) is 46.1 Å². The number of hydrogen-bond donors (Lipinski definition) is 0. The van der Waals surface area contributed by atoms with Crippen molar-refractivity contribution in [2.24, 2.45) is 0 Å². The van der Waals surface area contributed by atoms with Gasteiger partial charge in [-0.1, -0.05) is 0 Å². The van der Waals surface area contributed by atoms with Gasteiger partial charge in [0.05, 0.1) is 0 Å². The molecule has 0 saturated heterocycles. The second-order valence-corrected chi connectivity index (χ2v) is 0. The molecule has 6 heteroatoms. The predicted octanol–water partition coefficient (Wildman–Crippen LogP) is -1.76. The van der Waals surface area contributed by atoms with Crippen molar-refractivity contribution in [2.75, 3.05) is 0 Å². The Kier molecular flexibility index (Phi) is 197. The van der Waals surface area contributed by atoms with Crippen LogP contribution in [-0.4, -0.2) is 60.8 Å². The van der Waals surface area contributed by atoms with Gasteiger partial charge in [-0.3, -0.25) is 0 Å². The fourth-order valence-electron chi connectivity index (χ4n) is 0. The van der Waals surface area contributed by atoms with E-state index in [0.29, 0.717) is 0 Å². The first-order valence-corrected chi connectivity index (χ1v) is 0.926. The van der Waals surface area contributed by atoms with E-state index >= 15 is 0 Å². The molecular formula is CaCl2MgO2+2. The van der Waals surface area contributed by atoms with Crippen molar-refractivity contribution in [3.05, 3.63) is 0 Å². The van der Waals surface area contributed by atoms with Crippen LogP contribution in [0.4, 0.5) is 0 Å². The minimum absolute atomic E-state index is 0. The van der Waals surface area contributed by atoms with Gasteiger partial charge in [0.1, 0.15) is 0 Å². The predicted molar refractivity (Wildman–Crippen MR) is 23.2 cm³/mol. The first kappa shape index (κ1) is 23.6. The van der Waals surface area contributed by atoms with Crippen LogP contribution in [-0.2, 0) is 0 Å². The van der Waals surface area contributed by atoms with Gasteiger partial charge in [-0.2, -0.15) is 0 Å². The van der Waals surface area contributed by atoms with Crippen molar-refractivity contribution < 1.29 is 9.32 Å². The fourth-order valence-corrected chi connectivity index (χ4v) is 0. The quantitative estimate of drug-likeness (QED) is 0.401. The van der Waals surface area contributed by atoms with Crippen LogP contribution < -0.4 is 9.32 Å². The molecule has 0 heterocycles. The van der Waals surface area contributed by atoms with Crippen molar-refractivity contribution in [1.29, 1.82) is 0 Å². The maximum absolute atomic E-state index is 7.72. The number of hydrogen-bond acceptors (Lipinski definition) is 2. The molecule has 2 nitrogen and oxygen atoms in total. The van der Waals surface area contributed by atoms with E-state index in [1.165, 1.54) is 0 Å². The Morgan fingerprint density at radius 3 is 0.833 bits per heavy atom. The largest absolute Gasteiger partial charge is 2.00 e. The maximum atomic E-state index is 7.72. The van der Waals surface area contributed by atoms with Crippen LogP contribution in [0.2, 0.25) is 0 Å². The summed E-state index contributed by atoms with van der Waals surface area (Å²) in [5.41, 5.74) is 0. The van der Waals surface area contributed by atoms with E-state index in [9.17, 15) is 0 Å². The second-order valence-electron chi connectivity index (χ2n) is 0. The van der Waals surface area contributed by atoms with Gasteiger partial charge in [0, 0.05) is 0 Å². The zero-order chi connectivity index (χ0) is 4.00. The van der Waals surface area contributed by atoms with Gasteiger partial charge in [0.25, 0.3) is 0 Å². The van der Waals surface area contributed by atoms with Gasteiger partial charge in [0.2, 0.25) is 0 Å². The fraction of sp³-hybridized carbons (Fsp3) is 0. The average Bonchev–Trinajstić information content (AvgIpc) is 1.50.